The Morgan fingerprint density at radius 1 is 1.06 bits per heavy atom. The summed E-state index contributed by atoms with van der Waals surface area (Å²) in [6.07, 6.45) is 7.41. The van der Waals surface area contributed by atoms with E-state index in [-0.39, 0.29) is 0 Å². The van der Waals surface area contributed by atoms with Crippen molar-refractivity contribution < 1.29 is 4.74 Å². The maximum atomic E-state index is 5.82. The molecule has 0 spiro atoms. The molecule has 1 heterocycles. The minimum Gasteiger partial charge on any atom is -0.456 e. The zero-order chi connectivity index (χ0) is 11.4. The largest absolute Gasteiger partial charge is 0.456 e. The number of allylic oxidation sites excluding steroid dienone is 5. The van der Waals surface area contributed by atoms with Crippen LogP contribution in [-0.4, -0.2) is 0 Å². The van der Waals surface area contributed by atoms with Crippen LogP contribution in [0.2, 0.25) is 0 Å². The molecule has 0 radical (unpaired) electrons. The summed E-state index contributed by atoms with van der Waals surface area (Å²) < 4.78 is 5.82. The molecular weight excluding hydrogens is 215 g/mol. The lowest BCUT2D eigenvalue weighted by Crippen LogP contribution is -2.11. The minimum absolute atomic E-state index is 0.610. The second kappa shape index (κ2) is 4.96. The SMILES string of the molecule is C=C/C=C1/Oc2ccccc2P/C1=C/C=C. The van der Waals surface area contributed by atoms with Crippen LogP contribution in [-0.2, 0) is 0 Å². The van der Waals surface area contributed by atoms with Crippen molar-refractivity contribution in [1.29, 1.82) is 0 Å². The Bertz CT molecular complexity index is 438. The van der Waals surface area contributed by atoms with Gasteiger partial charge in [-0.25, -0.2) is 0 Å². The Kier molecular flexibility index (Phi) is 3.38. The van der Waals surface area contributed by atoms with Gasteiger partial charge in [-0.3, -0.25) is 0 Å². The molecule has 0 aliphatic carbocycles. The van der Waals surface area contributed by atoms with Crippen LogP contribution in [0.5, 0.6) is 5.75 Å². The molecule has 0 saturated carbocycles. The molecule has 1 aliphatic rings. The number of ether oxygens (including phenoxy) is 1. The van der Waals surface area contributed by atoms with Gasteiger partial charge in [0.25, 0.3) is 0 Å². The van der Waals surface area contributed by atoms with Crippen LogP contribution in [0.1, 0.15) is 0 Å². The van der Waals surface area contributed by atoms with Crippen LogP contribution >= 0.6 is 8.58 Å². The highest BCUT2D eigenvalue weighted by Crippen LogP contribution is 2.38. The van der Waals surface area contributed by atoms with Crippen molar-refractivity contribution in [3.05, 3.63) is 72.8 Å². The summed E-state index contributed by atoms with van der Waals surface area (Å²) >= 11 is 0. The normalized spacial score (nSPS) is 20.5. The van der Waals surface area contributed by atoms with E-state index in [4.69, 9.17) is 4.74 Å². The van der Waals surface area contributed by atoms with Crippen molar-refractivity contribution in [2.24, 2.45) is 0 Å². The van der Waals surface area contributed by atoms with Gasteiger partial charge in [0.1, 0.15) is 11.5 Å². The molecule has 80 valence electrons. The fraction of sp³-hybridized carbons (Fsp3) is 0. The van der Waals surface area contributed by atoms with Crippen molar-refractivity contribution in [2.45, 2.75) is 0 Å². The number of benzene rings is 1. The quantitative estimate of drug-likeness (QED) is 0.704. The van der Waals surface area contributed by atoms with Gasteiger partial charge in [-0.2, -0.15) is 0 Å². The van der Waals surface area contributed by atoms with Gasteiger partial charge in [0.2, 0.25) is 0 Å². The van der Waals surface area contributed by atoms with Gasteiger partial charge in [-0.1, -0.05) is 58.2 Å². The second-order valence-corrected chi connectivity index (χ2v) is 4.63. The van der Waals surface area contributed by atoms with E-state index in [2.05, 4.69) is 19.2 Å². The molecule has 0 fully saturated rings. The van der Waals surface area contributed by atoms with Crippen LogP contribution in [0.3, 0.4) is 0 Å². The molecule has 16 heavy (non-hydrogen) atoms. The van der Waals surface area contributed by atoms with Crippen molar-refractivity contribution in [3.63, 3.8) is 0 Å². The maximum absolute atomic E-state index is 5.82. The average Bonchev–Trinajstić information content (AvgIpc) is 2.30. The molecule has 0 saturated heterocycles. The summed E-state index contributed by atoms with van der Waals surface area (Å²) in [6, 6.07) is 8.10. The third-order valence-electron chi connectivity index (χ3n) is 2.20. The van der Waals surface area contributed by atoms with Crippen molar-refractivity contribution in [3.8, 4) is 5.75 Å². The Morgan fingerprint density at radius 3 is 2.56 bits per heavy atom. The second-order valence-electron chi connectivity index (χ2n) is 3.31. The molecule has 1 atom stereocenters. The zero-order valence-electron chi connectivity index (χ0n) is 8.94. The van der Waals surface area contributed by atoms with E-state index in [1.807, 2.05) is 30.4 Å². The van der Waals surface area contributed by atoms with E-state index in [1.54, 1.807) is 12.2 Å². The fourth-order valence-electron chi connectivity index (χ4n) is 1.51. The summed E-state index contributed by atoms with van der Waals surface area (Å²) in [5.74, 6) is 1.81. The maximum Gasteiger partial charge on any atom is 0.135 e. The molecule has 2 rings (SSSR count). The van der Waals surface area contributed by atoms with Crippen molar-refractivity contribution in [2.75, 3.05) is 0 Å². The lowest BCUT2D eigenvalue weighted by molar-refractivity contribution is 0.443. The molecule has 1 aliphatic heterocycles. The number of hydrogen-bond donors (Lipinski definition) is 0. The first-order valence-corrected chi connectivity index (χ1v) is 6.05. The van der Waals surface area contributed by atoms with Crippen molar-refractivity contribution in [1.82, 2.24) is 0 Å². The molecule has 1 nitrogen and oxygen atoms in total. The highest BCUT2D eigenvalue weighted by atomic mass is 31.1. The number of fused-ring (bicyclic) bond motifs is 1. The van der Waals surface area contributed by atoms with Gasteiger partial charge in [-0.05, 0) is 12.1 Å². The van der Waals surface area contributed by atoms with E-state index in [0.717, 1.165) is 16.8 Å². The highest BCUT2D eigenvalue weighted by Gasteiger charge is 2.17. The predicted molar refractivity (Wildman–Crippen MR) is 71.6 cm³/mol. The van der Waals surface area contributed by atoms with Gasteiger partial charge in [0.15, 0.2) is 0 Å². The molecule has 1 aromatic carbocycles. The van der Waals surface area contributed by atoms with Crippen LogP contribution in [0.4, 0.5) is 0 Å². The lowest BCUT2D eigenvalue weighted by atomic mass is 10.3. The van der Waals surface area contributed by atoms with Gasteiger partial charge in [0.05, 0.1) is 0 Å². The topological polar surface area (TPSA) is 9.23 Å². The van der Waals surface area contributed by atoms with Gasteiger partial charge >= 0.3 is 0 Å². The van der Waals surface area contributed by atoms with Gasteiger partial charge in [-0.15, -0.1) is 0 Å². The van der Waals surface area contributed by atoms with Gasteiger partial charge < -0.3 is 4.74 Å². The summed E-state index contributed by atoms with van der Waals surface area (Å²) in [5.41, 5.74) is 0. The summed E-state index contributed by atoms with van der Waals surface area (Å²) in [7, 11) is 0.610. The number of hydrogen-bond acceptors (Lipinski definition) is 1. The van der Waals surface area contributed by atoms with Crippen LogP contribution in [0.25, 0.3) is 0 Å². The summed E-state index contributed by atoms with van der Waals surface area (Å²) in [6.45, 7) is 7.42. The molecule has 1 aromatic rings. The Labute approximate surface area is 97.6 Å². The molecule has 0 amide bonds. The first-order chi connectivity index (χ1) is 7.85. The monoisotopic (exact) mass is 228 g/mol. The van der Waals surface area contributed by atoms with Crippen LogP contribution in [0, 0.1) is 0 Å². The zero-order valence-corrected chi connectivity index (χ0v) is 9.94. The molecule has 2 heteroatoms. The molecule has 0 aromatic heterocycles. The first-order valence-electron chi connectivity index (χ1n) is 5.05. The summed E-state index contributed by atoms with van der Waals surface area (Å²) in [5, 5.41) is 2.39. The van der Waals surface area contributed by atoms with E-state index >= 15 is 0 Å². The standard InChI is InChI=1S/C14H13OP/c1-3-7-11-13(8-4-2)16-14-10-6-5-9-12(14)15-11/h3-10,16H,1-2H2/b11-7+,13-8+. The van der Waals surface area contributed by atoms with Gasteiger partial charge in [0, 0.05) is 10.6 Å². The number of rotatable bonds is 2. The minimum atomic E-state index is 0.610. The average molecular weight is 228 g/mol. The first kappa shape index (κ1) is 10.9. The molecule has 0 N–H and O–H groups in total. The third-order valence-corrected chi connectivity index (χ3v) is 3.56. The number of para-hydroxylation sites is 1. The molecule has 0 bridgehead atoms. The van der Waals surface area contributed by atoms with Crippen LogP contribution < -0.4 is 10.0 Å². The predicted octanol–water partition coefficient (Wildman–Crippen LogP) is 3.52. The third kappa shape index (κ3) is 2.15. The molecular formula is C14H13OP. The Balaban J connectivity index is 2.44. The summed E-state index contributed by atoms with van der Waals surface area (Å²) in [4.78, 5) is 0. The molecule has 1 unspecified atom stereocenters. The Morgan fingerprint density at radius 2 is 1.81 bits per heavy atom. The fourth-order valence-corrected chi connectivity index (χ4v) is 2.70. The van der Waals surface area contributed by atoms with Crippen LogP contribution in [0.15, 0.2) is 72.8 Å². The Hall–Kier alpha value is -1.59. The highest BCUT2D eigenvalue weighted by molar-refractivity contribution is 7.52. The van der Waals surface area contributed by atoms with E-state index in [0.29, 0.717) is 8.58 Å². The van der Waals surface area contributed by atoms with E-state index in [9.17, 15) is 0 Å². The van der Waals surface area contributed by atoms with Crippen molar-refractivity contribution >= 4 is 13.9 Å². The van der Waals surface area contributed by atoms with E-state index < -0.39 is 0 Å². The smallest absolute Gasteiger partial charge is 0.135 e. The lowest BCUT2D eigenvalue weighted by Gasteiger charge is -2.21. The van der Waals surface area contributed by atoms with E-state index in [1.165, 1.54) is 5.30 Å².